The minimum atomic E-state index is 0.0679. The van der Waals surface area contributed by atoms with Gasteiger partial charge in [-0.15, -0.1) is 0 Å². The third-order valence-corrected chi connectivity index (χ3v) is 6.93. The molecule has 1 aromatic carbocycles. The number of ether oxygens (including phenoxy) is 1. The quantitative estimate of drug-likeness (QED) is 0.824. The number of hydrogen-bond acceptors (Lipinski definition) is 5. The lowest BCUT2D eigenvalue weighted by Gasteiger charge is -2.33. The zero-order chi connectivity index (χ0) is 20.3. The summed E-state index contributed by atoms with van der Waals surface area (Å²) in [5.74, 6) is 1.99. The summed E-state index contributed by atoms with van der Waals surface area (Å²) >= 11 is 0. The van der Waals surface area contributed by atoms with Gasteiger partial charge in [-0.2, -0.15) is 0 Å². The third kappa shape index (κ3) is 4.51. The molecule has 2 aromatic rings. The van der Waals surface area contributed by atoms with Crippen molar-refractivity contribution >= 4 is 0 Å². The van der Waals surface area contributed by atoms with Gasteiger partial charge in [0.05, 0.1) is 17.9 Å². The highest BCUT2D eigenvalue weighted by Crippen LogP contribution is 2.27. The van der Waals surface area contributed by atoms with Crippen LogP contribution in [-0.4, -0.2) is 59.2 Å². The highest BCUT2D eigenvalue weighted by molar-refractivity contribution is 5.23. The molecular formula is C24H32N4O2. The van der Waals surface area contributed by atoms with Crippen LogP contribution in [0.25, 0.3) is 0 Å². The molecule has 4 heterocycles. The molecule has 2 fully saturated rings. The van der Waals surface area contributed by atoms with E-state index < -0.39 is 0 Å². The second-order valence-electron chi connectivity index (χ2n) is 9.13. The number of H-pyrrole nitrogens is 1. The maximum Gasteiger partial charge on any atom is 0.255 e. The molecule has 6 heteroatoms. The zero-order valence-corrected chi connectivity index (χ0v) is 17.7. The molecule has 0 spiro atoms. The first-order valence-corrected chi connectivity index (χ1v) is 11.4. The van der Waals surface area contributed by atoms with E-state index in [4.69, 9.17) is 9.72 Å². The summed E-state index contributed by atoms with van der Waals surface area (Å²) < 4.78 is 5.52. The van der Waals surface area contributed by atoms with Crippen LogP contribution >= 0.6 is 0 Å². The molecule has 3 aliphatic rings. The molecule has 3 aliphatic heterocycles. The molecule has 5 rings (SSSR count). The maximum absolute atomic E-state index is 12.9. The SMILES string of the molecule is O=c1[nH]c(C2CCN(C[C@H]3CCOC3)CC2)nc2c1CN(Cc1ccccc1)CC2. The Balaban J connectivity index is 1.21. The summed E-state index contributed by atoms with van der Waals surface area (Å²) in [4.78, 5) is 25.9. The Morgan fingerprint density at radius 2 is 1.90 bits per heavy atom. The number of rotatable bonds is 5. The Hall–Kier alpha value is -2.02. The van der Waals surface area contributed by atoms with E-state index in [-0.39, 0.29) is 5.56 Å². The van der Waals surface area contributed by atoms with Crippen molar-refractivity contribution in [1.82, 2.24) is 19.8 Å². The van der Waals surface area contributed by atoms with Crippen LogP contribution in [-0.2, 0) is 24.2 Å². The van der Waals surface area contributed by atoms with Crippen LogP contribution in [0.15, 0.2) is 35.1 Å². The van der Waals surface area contributed by atoms with Crippen molar-refractivity contribution in [2.24, 2.45) is 5.92 Å². The molecule has 6 nitrogen and oxygen atoms in total. The van der Waals surface area contributed by atoms with Gasteiger partial charge in [0.2, 0.25) is 0 Å². The van der Waals surface area contributed by atoms with Crippen LogP contribution in [0.2, 0.25) is 0 Å². The van der Waals surface area contributed by atoms with Crippen LogP contribution in [0.5, 0.6) is 0 Å². The van der Waals surface area contributed by atoms with Crippen molar-refractivity contribution in [2.75, 3.05) is 39.4 Å². The van der Waals surface area contributed by atoms with Gasteiger partial charge in [-0.3, -0.25) is 9.69 Å². The smallest absolute Gasteiger partial charge is 0.255 e. The molecular weight excluding hydrogens is 376 g/mol. The lowest BCUT2D eigenvalue weighted by atomic mass is 9.94. The van der Waals surface area contributed by atoms with Gasteiger partial charge in [-0.05, 0) is 43.8 Å². The van der Waals surface area contributed by atoms with Crippen molar-refractivity contribution in [1.29, 1.82) is 0 Å². The molecule has 1 atom stereocenters. The summed E-state index contributed by atoms with van der Waals surface area (Å²) in [6.07, 6.45) is 4.21. The minimum Gasteiger partial charge on any atom is -0.381 e. The van der Waals surface area contributed by atoms with E-state index in [1.165, 1.54) is 12.0 Å². The molecule has 0 saturated carbocycles. The van der Waals surface area contributed by atoms with Crippen molar-refractivity contribution < 1.29 is 4.74 Å². The summed E-state index contributed by atoms with van der Waals surface area (Å²) in [5, 5.41) is 0. The van der Waals surface area contributed by atoms with E-state index in [1.807, 2.05) is 6.07 Å². The van der Waals surface area contributed by atoms with Crippen molar-refractivity contribution in [2.45, 2.75) is 44.7 Å². The molecule has 0 aliphatic carbocycles. The average Bonchev–Trinajstić information content (AvgIpc) is 3.28. The third-order valence-electron chi connectivity index (χ3n) is 6.93. The van der Waals surface area contributed by atoms with E-state index in [0.717, 1.165) is 82.3 Å². The van der Waals surface area contributed by atoms with Crippen LogP contribution in [0.4, 0.5) is 0 Å². The van der Waals surface area contributed by atoms with Crippen LogP contribution in [0.1, 0.15) is 47.8 Å². The summed E-state index contributed by atoms with van der Waals surface area (Å²) in [6, 6.07) is 10.5. The van der Waals surface area contributed by atoms with Gasteiger partial charge >= 0.3 is 0 Å². The van der Waals surface area contributed by atoms with E-state index in [9.17, 15) is 4.79 Å². The number of nitrogens with zero attached hydrogens (tertiary/aromatic N) is 3. The van der Waals surface area contributed by atoms with Crippen molar-refractivity contribution in [3.8, 4) is 0 Å². The predicted octanol–water partition coefficient (Wildman–Crippen LogP) is 2.54. The molecule has 1 aromatic heterocycles. The molecule has 1 N–H and O–H groups in total. The molecule has 0 unspecified atom stereocenters. The molecule has 0 radical (unpaired) electrons. The topological polar surface area (TPSA) is 61.5 Å². The van der Waals surface area contributed by atoms with E-state index in [2.05, 4.69) is 39.0 Å². The average molecular weight is 409 g/mol. The molecule has 0 amide bonds. The second-order valence-corrected chi connectivity index (χ2v) is 9.13. The first-order chi connectivity index (χ1) is 14.7. The summed E-state index contributed by atoms with van der Waals surface area (Å²) in [7, 11) is 0. The minimum absolute atomic E-state index is 0.0679. The number of benzene rings is 1. The number of fused-ring (bicyclic) bond motifs is 1. The molecule has 30 heavy (non-hydrogen) atoms. The number of nitrogens with one attached hydrogen (secondary N) is 1. The highest BCUT2D eigenvalue weighted by atomic mass is 16.5. The fraction of sp³-hybridized carbons (Fsp3) is 0.583. The van der Waals surface area contributed by atoms with Crippen molar-refractivity contribution in [3.63, 3.8) is 0 Å². The fourth-order valence-electron chi connectivity index (χ4n) is 5.15. The van der Waals surface area contributed by atoms with Crippen molar-refractivity contribution in [3.05, 3.63) is 63.3 Å². The van der Waals surface area contributed by atoms with Gasteiger partial charge < -0.3 is 14.6 Å². The number of hydrogen-bond donors (Lipinski definition) is 1. The first kappa shape index (κ1) is 19.9. The zero-order valence-electron chi connectivity index (χ0n) is 17.7. The first-order valence-electron chi connectivity index (χ1n) is 11.4. The Bertz CT molecular complexity index is 899. The van der Waals surface area contributed by atoms with Crippen LogP contribution in [0, 0.1) is 5.92 Å². The predicted molar refractivity (Wildman–Crippen MR) is 116 cm³/mol. The van der Waals surface area contributed by atoms with Gasteiger partial charge in [-0.25, -0.2) is 4.98 Å². The van der Waals surface area contributed by atoms with Gasteiger partial charge in [-0.1, -0.05) is 30.3 Å². The number of likely N-dealkylation sites (tertiary alicyclic amines) is 1. The Morgan fingerprint density at radius 1 is 1.07 bits per heavy atom. The second kappa shape index (κ2) is 9.00. The molecule has 160 valence electrons. The monoisotopic (exact) mass is 408 g/mol. The normalized spacial score (nSPS) is 23.5. The summed E-state index contributed by atoms with van der Waals surface area (Å²) in [5.41, 5.74) is 3.24. The Kier molecular flexibility index (Phi) is 5.97. The Morgan fingerprint density at radius 3 is 2.67 bits per heavy atom. The van der Waals surface area contributed by atoms with E-state index in [0.29, 0.717) is 18.4 Å². The van der Waals surface area contributed by atoms with E-state index in [1.54, 1.807) is 0 Å². The summed E-state index contributed by atoms with van der Waals surface area (Å²) in [6.45, 7) is 7.70. The maximum atomic E-state index is 12.9. The van der Waals surface area contributed by atoms with Gasteiger partial charge in [0.15, 0.2) is 0 Å². The highest BCUT2D eigenvalue weighted by Gasteiger charge is 2.28. The van der Waals surface area contributed by atoms with Gasteiger partial charge in [0.1, 0.15) is 5.82 Å². The van der Waals surface area contributed by atoms with Crippen LogP contribution in [0.3, 0.4) is 0 Å². The van der Waals surface area contributed by atoms with E-state index >= 15 is 0 Å². The molecule has 0 bridgehead atoms. The fourth-order valence-corrected chi connectivity index (χ4v) is 5.15. The largest absolute Gasteiger partial charge is 0.381 e. The van der Waals surface area contributed by atoms with Gasteiger partial charge in [0.25, 0.3) is 5.56 Å². The molecule has 2 saturated heterocycles. The number of aromatic nitrogens is 2. The lowest BCUT2D eigenvalue weighted by molar-refractivity contribution is 0.151. The number of piperidine rings is 1. The standard InChI is InChI=1S/C24H32N4O2/c29-24-21-16-28(14-18-4-2-1-3-5-18)12-8-22(21)25-23(26-24)20-6-10-27(11-7-20)15-19-9-13-30-17-19/h1-5,19-20H,6-17H2,(H,25,26,29)/t19-/m1/s1. The van der Waals surface area contributed by atoms with Crippen LogP contribution < -0.4 is 5.56 Å². The number of aromatic amines is 1. The Labute approximate surface area is 178 Å². The van der Waals surface area contributed by atoms with Gasteiger partial charge in [0, 0.05) is 45.1 Å². The lowest BCUT2D eigenvalue weighted by Crippen LogP contribution is -2.39.